The van der Waals surface area contributed by atoms with Crippen LogP contribution in [0.1, 0.15) is 55.3 Å². The minimum Gasteiger partial charge on any atom is -0.487 e. The minimum absolute atomic E-state index is 0.108. The van der Waals surface area contributed by atoms with Crippen molar-refractivity contribution < 1.29 is 19.0 Å². The maximum Gasteiger partial charge on any atom is 0.277 e. The lowest BCUT2D eigenvalue weighted by molar-refractivity contribution is 0.0767. The third-order valence-corrected chi connectivity index (χ3v) is 7.52. The average Bonchev–Trinajstić information content (AvgIpc) is 3.29. The van der Waals surface area contributed by atoms with Crippen LogP contribution in [-0.4, -0.2) is 30.8 Å². The zero-order valence-corrected chi connectivity index (χ0v) is 22.6. The van der Waals surface area contributed by atoms with Gasteiger partial charge in [-0.05, 0) is 57.2 Å². The Morgan fingerprint density at radius 2 is 1.93 bits per heavy atom. The Morgan fingerprint density at radius 1 is 1.12 bits per heavy atom. The van der Waals surface area contributed by atoms with Crippen molar-refractivity contribution in [3.05, 3.63) is 103 Å². The van der Waals surface area contributed by atoms with Crippen molar-refractivity contribution in [2.45, 2.75) is 51.2 Å². The van der Waals surface area contributed by atoms with Gasteiger partial charge in [0.2, 0.25) is 0 Å². The van der Waals surface area contributed by atoms with Crippen LogP contribution >= 0.6 is 11.6 Å². The molecule has 11 heteroatoms. The van der Waals surface area contributed by atoms with E-state index in [0.29, 0.717) is 41.5 Å². The molecule has 0 aromatic carbocycles. The number of ether oxygens (including phenoxy) is 2. The van der Waals surface area contributed by atoms with Gasteiger partial charge in [-0.25, -0.2) is 9.37 Å². The number of hydrogen-bond donors (Lipinski definition) is 1. The maximum absolute atomic E-state index is 13.8. The van der Waals surface area contributed by atoms with Crippen molar-refractivity contribution in [3.8, 4) is 23.0 Å². The highest BCUT2D eigenvalue weighted by atomic mass is 35.5. The molecule has 0 amide bonds. The highest BCUT2D eigenvalue weighted by Crippen LogP contribution is 2.37. The molecule has 0 spiro atoms. The lowest BCUT2D eigenvalue weighted by Crippen LogP contribution is -2.31. The van der Waals surface area contributed by atoms with Gasteiger partial charge in [0.25, 0.3) is 11.1 Å². The second-order valence-electron chi connectivity index (χ2n) is 10.4. The van der Waals surface area contributed by atoms with Crippen LogP contribution in [0.25, 0.3) is 11.5 Å². The lowest BCUT2D eigenvalue weighted by atomic mass is 10.00. The monoisotopic (exact) mass is 564 g/mol. The molecular weight excluding hydrogens is 539 g/mol. The van der Waals surface area contributed by atoms with Crippen molar-refractivity contribution in [3.63, 3.8) is 0 Å². The zero-order chi connectivity index (χ0) is 28.2. The van der Waals surface area contributed by atoms with E-state index in [-0.39, 0.29) is 22.9 Å². The van der Waals surface area contributed by atoms with Gasteiger partial charge in [-0.1, -0.05) is 11.6 Å². The van der Waals surface area contributed by atoms with Crippen LogP contribution in [0.15, 0.2) is 58.5 Å². The second-order valence-corrected chi connectivity index (χ2v) is 10.8. The normalized spacial score (nSPS) is 16.3. The summed E-state index contributed by atoms with van der Waals surface area (Å²) in [5.41, 5.74) is 0.536. The smallest absolute Gasteiger partial charge is 0.277 e. The average molecular weight is 565 g/mol. The van der Waals surface area contributed by atoms with E-state index in [4.69, 9.17) is 21.1 Å². The minimum atomic E-state index is -1.34. The molecule has 2 aliphatic heterocycles. The Labute approximate surface area is 233 Å². The molecule has 1 unspecified atom stereocenters. The molecule has 0 fully saturated rings. The summed E-state index contributed by atoms with van der Waals surface area (Å²) in [5, 5.41) is 10.3. The van der Waals surface area contributed by atoms with Gasteiger partial charge in [0.1, 0.15) is 40.5 Å². The summed E-state index contributed by atoms with van der Waals surface area (Å²) in [6, 6.07) is 7.92. The van der Waals surface area contributed by atoms with Crippen LogP contribution in [0.3, 0.4) is 0 Å². The van der Waals surface area contributed by atoms with Crippen molar-refractivity contribution in [2.24, 2.45) is 0 Å². The third-order valence-electron chi connectivity index (χ3n) is 7.18. The van der Waals surface area contributed by atoms with E-state index in [2.05, 4.69) is 9.97 Å². The number of hydrogen-bond acceptors (Lipinski definition) is 7. The summed E-state index contributed by atoms with van der Waals surface area (Å²) in [7, 11) is 0. The molecule has 0 aliphatic carbocycles. The van der Waals surface area contributed by atoms with Crippen LogP contribution < -0.4 is 20.6 Å². The SMILES string of the molecule is CC(C)(O)c1cccn(-c2cc3c(cn2)CCCCc2cc(OC4COc5cc(F)cnc54)c(Cl)c(=O)n2-3)c1=O. The quantitative estimate of drug-likeness (QED) is 0.396. The van der Waals surface area contributed by atoms with Gasteiger partial charge in [-0.3, -0.25) is 23.7 Å². The molecule has 0 saturated carbocycles. The Hall–Kier alpha value is -4.02. The van der Waals surface area contributed by atoms with Gasteiger partial charge in [0.05, 0.1) is 17.5 Å². The number of pyridine rings is 4. The molecule has 9 nitrogen and oxygen atoms in total. The Kier molecular flexibility index (Phi) is 6.47. The largest absolute Gasteiger partial charge is 0.487 e. The first-order chi connectivity index (χ1) is 19.1. The molecule has 2 aliphatic rings. The first-order valence-electron chi connectivity index (χ1n) is 13.0. The number of nitrogens with zero attached hydrogens (tertiary/aromatic N) is 4. The van der Waals surface area contributed by atoms with Crippen molar-refractivity contribution in [1.29, 1.82) is 0 Å². The first kappa shape index (κ1) is 26.2. The Morgan fingerprint density at radius 3 is 2.73 bits per heavy atom. The standard InChI is InChI=1S/C29H26ClFN4O5/c1-29(2,38)19-8-5-9-34(27(19)36)24-12-20-16(13-32-24)6-3-4-7-18-11-21(25(30)28(37)35(18)20)40-23-15-39-22-10-17(31)14-33-26(22)23/h5,8-14,23,38H,3-4,6-7,15H2,1-2H3. The van der Waals surface area contributed by atoms with Gasteiger partial charge in [0.15, 0.2) is 6.10 Å². The van der Waals surface area contributed by atoms with Crippen molar-refractivity contribution in [2.75, 3.05) is 6.61 Å². The molecule has 1 N–H and O–H groups in total. The van der Waals surface area contributed by atoms with E-state index in [1.165, 1.54) is 10.6 Å². The third kappa shape index (κ3) is 4.56. The van der Waals surface area contributed by atoms with Gasteiger partial charge < -0.3 is 14.6 Å². The van der Waals surface area contributed by atoms with E-state index in [0.717, 1.165) is 24.6 Å². The Balaban J connectivity index is 1.45. The second kappa shape index (κ2) is 9.87. The predicted molar refractivity (Wildman–Crippen MR) is 145 cm³/mol. The topological polar surface area (TPSA) is 108 Å². The maximum atomic E-state index is 13.8. The number of aliphatic hydroxyl groups is 1. The van der Waals surface area contributed by atoms with Gasteiger partial charge >= 0.3 is 0 Å². The summed E-state index contributed by atoms with van der Waals surface area (Å²) in [5.74, 6) is 0.277. The summed E-state index contributed by atoms with van der Waals surface area (Å²) in [6.45, 7) is 3.20. The molecular formula is C29H26ClFN4O5. The Bertz CT molecular complexity index is 1760. The molecule has 1 atom stereocenters. The predicted octanol–water partition coefficient (Wildman–Crippen LogP) is 4.19. The van der Waals surface area contributed by atoms with Gasteiger partial charge in [-0.15, -0.1) is 0 Å². The summed E-state index contributed by atoms with van der Waals surface area (Å²) in [4.78, 5) is 35.6. The fraction of sp³-hybridized carbons (Fsp3) is 0.310. The number of rotatable bonds is 4. The van der Waals surface area contributed by atoms with Crippen LogP contribution in [0.2, 0.25) is 5.02 Å². The zero-order valence-electron chi connectivity index (χ0n) is 21.9. The summed E-state index contributed by atoms with van der Waals surface area (Å²) in [6.07, 6.45) is 6.67. The molecule has 40 heavy (non-hydrogen) atoms. The highest BCUT2D eigenvalue weighted by Gasteiger charge is 2.30. The molecule has 6 heterocycles. The van der Waals surface area contributed by atoms with E-state index in [9.17, 15) is 19.1 Å². The summed E-state index contributed by atoms with van der Waals surface area (Å²) < 4.78 is 28.1. The molecule has 0 radical (unpaired) electrons. The number of halogens is 2. The van der Waals surface area contributed by atoms with E-state index in [1.54, 1.807) is 55.1 Å². The van der Waals surface area contributed by atoms with Gasteiger partial charge in [-0.2, -0.15) is 0 Å². The van der Waals surface area contributed by atoms with Gasteiger partial charge in [0, 0.05) is 41.9 Å². The number of fused-ring (bicyclic) bond motifs is 4. The fourth-order valence-electron chi connectivity index (χ4n) is 5.18. The van der Waals surface area contributed by atoms with Crippen LogP contribution in [0.5, 0.6) is 11.5 Å². The first-order valence-corrected chi connectivity index (χ1v) is 13.3. The van der Waals surface area contributed by atoms with Crippen LogP contribution in [0.4, 0.5) is 4.39 Å². The van der Waals surface area contributed by atoms with E-state index in [1.807, 2.05) is 0 Å². The lowest BCUT2D eigenvalue weighted by Gasteiger charge is -2.23. The highest BCUT2D eigenvalue weighted by molar-refractivity contribution is 6.31. The number of aromatic nitrogens is 4. The molecule has 0 saturated heterocycles. The van der Waals surface area contributed by atoms with E-state index >= 15 is 0 Å². The van der Waals surface area contributed by atoms with Crippen LogP contribution in [-0.2, 0) is 18.4 Å². The molecule has 206 valence electrons. The number of aryl methyl sites for hydroxylation is 2. The molecule has 0 bridgehead atoms. The molecule has 4 aromatic heterocycles. The van der Waals surface area contributed by atoms with Crippen LogP contribution in [0, 0.1) is 5.82 Å². The van der Waals surface area contributed by atoms with Crippen molar-refractivity contribution >= 4 is 11.6 Å². The molecule has 4 aromatic rings. The van der Waals surface area contributed by atoms with Crippen molar-refractivity contribution in [1.82, 2.24) is 19.1 Å². The fourth-order valence-corrected chi connectivity index (χ4v) is 5.36. The summed E-state index contributed by atoms with van der Waals surface area (Å²) >= 11 is 6.60. The van der Waals surface area contributed by atoms with E-state index < -0.39 is 28.6 Å². The molecule has 6 rings (SSSR count).